The van der Waals surface area contributed by atoms with Gasteiger partial charge >= 0.3 is 23.9 Å². The Kier molecular flexibility index (Phi) is 14.5. The zero-order valence-electron chi connectivity index (χ0n) is 34.9. The van der Waals surface area contributed by atoms with Gasteiger partial charge in [-0.15, -0.1) is 0 Å². The van der Waals surface area contributed by atoms with Crippen molar-refractivity contribution >= 4 is 23.9 Å². The zero-order chi connectivity index (χ0) is 45.0. The highest BCUT2D eigenvalue weighted by Gasteiger charge is 2.40. The fourth-order valence-corrected chi connectivity index (χ4v) is 6.86. The third kappa shape index (κ3) is 11.0. The van der Waals surface area contributed by atoms with Crippen molar-refractivity contribution in [3.8, 4) is 45.6 Å². The number of cyclic esters (lactones) is 2. The molecule has 1 aliphatic heterocycles. The molecule has 64 heavy (non-hydrogen) atoms. The molecule has 1 heterocycles. The Morgan fingerprint density at radius 3 is 1.11 bits per heavy atom. The topological polar surface area (TPSA) is 183 Å². The molecule has 6 aromatic carbocycles. The fourth-order valence-electron chi connectivity index (χ4n) is 6.86. The Morgan fingerprint density at radius 1 is 0.484 bits per heavy atom. The van der Waals surface area contributed by atoms with E-state index in [1.54, 1.807) is 60.7 Å². The monoisotopic (exact) mass is 868 g/mol. The average molecular weight is 869 g/mol. The highest BCUT2D eigenvalue weighted by molar-refractivity contribution is 6.09. The first-order valence-electron chi connectivity index (χ1n) is 20.2. The van der Waals surface area contributed by atoms with Crippen LogP contribution >= 0.6 is 0 Å². The molecule has 2 N–H and O–H groups in total. The lowest BCUT2D eigenvalue weighted by atomic mass is 9.91. The van der Waals surface area contributed by atoms with Crippen LogP contribution in [0.15, 0.2) is 133 Å². The van der Waals surface area contributed by atoms with Crippen molar-refractivity contribution < 1.29 is 67.3 Å². The van der Waals surface area contributed by atoms with Gasteiger partial charge < -0.3 is 48.1 Å². The standard InChI is InChI=1S/C50H44O14/c1-31(51)61-47-43-37(23-39(53)45(47)59-27-35-19-11-5-12-20-35)49(55)63-41(29-57-25-33-15-7-3-8-16-33)42(30-58-26-34-17-9-4-10-18-34)64-50(56)38-24-40(54)46(48(44(38)43)62-32(2)52)60-28-36-21-13-6-14-22-36/h3-24,41-42,53-54H,25-30H2,1-2H3/t41-,42-/m0/s1. The maximum absolute atomic E-state index is 14.8. The molecule has 0 unspecified atom stereocenters. The van der Waals surface area contributed by atoms with Crippen LogP contribution in [0.3, 0.4) is 0 Å². The molecule has 0 fully saturated rings. The Morgan fingerprint density at radius 2 is 0.797 bits per heavy atom. The number of rotatable bonds is 16. The first-order chi connectivity index (χ1) is 31.0. The van der Waals surface area contributed by atoms with E-state index in [2.05, 4.69) is 0 Å². The molecular weight excluding hydrogens is 825 g/mol. The van der Waals surface area contributed by atoms with Crippen LogP contribution in [0.5, 0.6) is 34.5 Å². The SMILES string of the molecule is CC(=O)Oc1c(OCc2ccccc2)c(O)cc2c1-c1c(cc(O)c(OCc3ccccc3)c1OC(C)=O)C(=O)O[C@@H](COCc1ccccc1)[C@H](COCc1ccccc1)OC2=O. The molecule has 2 atom stereocenters. The Hall–Kier alpha value is -7.68. The van der Waals surface area contributed by atoms with Gasteiger partial charge in [0.05, 0.1) is 37.6 Å². The second-order valence-electron chi connectivity index (χ2n) is 14.6. The molecule has 1 aliphatic rings. The average Bonchev–Trinajstić information content (AvgIpc) is 3.28. The number of aromatic hydroxyl groups is 2. The summed E-state index contributed by atoms with van der Waals surface area (Å²) >= 11 is 0. The number of esters is 4. The minimum absolute atomic E-state index is 0.0880. The minimum atomic E-state index is -1.35. The number of ether oxygens (including phenoxy) is 8. The maximum atomic E-state index is 14.8. The number of carbonyl (C=O) groups excluding carboxylic acids is 4. The van der Waals surface area contributed by atoms with Crippen LogP contribution in [-0.2, 0) is 55.0 Å². The van der Waals surface area contributed by atoms with E-state index in [1.807, 2.05) is 60.7 Å². The Balaban J connectivity index is 1.43. The van der Waals surface area contributed by atoms with Gasteiger partial charge in [-0.3, -0.25) is 9.59 Å². The molecule has 6 aromatic rings. The lowest BCUT2D eigenvalue weighted by Gasteiger charge is -2.30. The first kappa shape index (κ1) is 44.4. The predicted octanol–water partition coefficient (Wildman–Crippen LogP) is 8.27. The summed E-state index contributed by atoms with van der Waals surface area (Å²) in [6, 6.07) is 38.1. The highest BCUT2D eigenvalue weighted by Crippen LogP contribution is 2.55. The van der Waals surface area contributed by atoms with E-state index in [4.69, 9.17) is 37.9 Å². The Bertz CT molecular complexity index is 2400. The molecule has 0 aliphatic carbocycles. The van der Waals surface area contributed by atoms with Gasteiger partial charge in [-0.2, -0.15) is 0 Å². The van der Waals surface area contributed by atoms with Crippen molar-refractivity contribution in [2.45, 2.75) is 52.5 Å². The molecule has 0 aromatic heterocycles. The van der Waals surface area contributed by atoms with E-state index in [9.17, 15) is 29.4 Å². The van der Waals surface area contributed by atoms with Crippen molar-refractivity contribution in [3.63, 3.8) is 0 Å². The van der Waals surface area contributed by atoms with Crippen LogP contribution in [0.2, 0.25) is 0 Å². The van der Waals surface area contributed by atoms with Crippen molar-refractivity contribution in [3.05, 3.63) is 167 Å². The summed E-state index contributed by atoms with van der Waals surface area (Å²) in [4.78, 5) is 55.7. The van der Waals surface area contributed by atoms with Gasteiger partial charge in [0.15, 0.2) is 35.2 Å². The summed E-state index contributed by atoms with van der Waals surface area (Å²) in [6.07, 6.45) is -2.71. The third-order valence-electron chi connectivity index (χ3n) is 9.78. The molecule has 0 saturated carbocycles. The fraction of sp³-hybridized carbons (Fsp3) is 0.200. The van der Waals surface area contributed by atoms with E-state index in [0.717, 1.165) is 37.1 Å². The van der Waals surface area contributed by atoms with Crippen LogP contribution in [0, 0.1) is 0 Å². The highest BCUT2D eigenvalue weighted by atomic mass is 16.6. The summed E-state index contributed by atoms with van der Waals surface area (Å²) in [5.41, 5.74) is 1.16. The van der Waals surface area contributed by atoms with Gasteiger partial charge in [0.2, 0.25) is 11.5 Å². The number of benzene rings is 6. The molecule has 7 rings (SSSR count). The van der Waals surface area contributed by atoms with E-state index in [-0.39, 0.29) is 39.6 Å². The van der Waals surface area contributed by atoms with E-state index in [0.29, 0.717) is 11.1 Å². The van der Waals surface area contributed by atoms with Crippen molar-refractivity contribution in [2.24, 2.45) is 0 Å². The first-order valence-corrected chi connectivity index (χ1v) is 20.2. The number of phenolic OH excluding ortho intramolecular Hbond substituents is 2. The van der Waals surface area contributed by atoms with Gasteiger partial charge in [-0.25, -0.2) is 9.59 Å². The van der Waals surface area contributed by atoms with E-state index >= 15 is 0 Å². The van der Waals surface area contributed by atoms with E-state index in [1.165, 1.54) is 0 Å². The number of fused-ring (bicyclic) bond motifs is 3. The quantitative estimate of drug-likeness (QED) is 0.0700. The summed E-state index contributed by atoms with van der Waals surface area (Å²) in [7, 11) is 0. The van der Waals surface area contributed by atoms with Gasteiger partial charge in [0.1, 0.15) is 13.2 Å². The van der Waals surface area contributed by atoms with E-state index < -0.39 is 92.8 Å². The van der Waals surface area contributed by atoms with Crippen LogP contribution in [-0.4, -0.2) is 59.5 Å². The molecule has 0 saturated heterocycles. The molecule has 0 amide bonds. The Labute approximate surface area is 368 Å². The van der Waals surface area contributed by atoms with Crippen LogP contribution in [0.1, 0.15) is 56.8 Å². The normalized spacial score (nSPS) is 14.5. The smallest absolute Gasteiger partial charge is 0.339 e. The van der Waals surface area contributed by atoms with Gasteiger partial charge in [-0.05, 0) is 34.4 Å². The maximum Gasteiger partial charge on any atom is 0.339 e. The largest absolute Gasteiger partial charge is 0.504 e. The van der Waals surface area contributed by atoms with Crippen LogP contribution < -0.4 is 18.9 Å². The summed E-state index contributed by atoms with van der Waals surface area (Å²) in [5.74, 6) is -7.37. The van der Waals surface area contributed by atoms with Crippen molar-refractivity contribution in [2.75, 3.05) is 13.2 Å². The summed E-state index contributed by atoms with van der Waals surface area (Å²) in [6.45, 7) is 1.37. The zero-order valence-corrected chi connectivity index (χ0v) is 34.9. The number of carbonyl (C=O) groups is 4. The van der Waals surface area contributed by atoms with Crippen molar-refractivity contribution in [1.29, 1.82) is 0 Å². The van der Waals surface area contributed by atoms with Crippen molar-refractivity contribution in [1.82, 2.24) is 0 Å². The van der Waals surface area contributed by atoms with Gasteiger partial charge in [-0.1, -0.05) is 121 Å². The van der Waals surface area contributed by atoms with Crippen LogP contribution in [0.4, 0.5) is 0 Å². The molecule has 14 nitrogen and oxygen atoms in total. The second-order valence-corrected chi connectivity index (χ2v) is 14.6. The lowest BCUT2D eigenvalue weighted by Crippen LogP contribution is -2.42. The molecule has 14 heteroatoms. The number of hydrogen-bond donors (Lipinski definition) is 2. The number of hydrogen-bond acceptors (Lipinski definition) is 14. The molecule has 0 bridgehead atoms. The molecular formula is C50H44O14. The summed E-state index contributed by atoms with van der Waals surface area (Å²) < 4.78 is 48.1. The summed E-state index contributed by atoms with van der Waals surface area (Å²) in [5, 5.41) is 23.3. The third-order valence-corrected chi connectivity index (χ3v) is 9.78. The van der Waals surface area contributed by atoms with Gasteiger partial charge in [0.25, 0.3) is 0 Å². The molecule has 328 valence electrons. The minimum Gasteiger partial charge on any atom is -0.504 e. The lowest BCUT2D eigenvalue weighted by molar-refractivity contribution is -0.133. The predicted molar refractivity (Wildman–Crippen MR) is 230 cm³/mol. The number of phenols is 2. The second kappa shape index (κ2) is 20.9. The van der Waals surface area contributed by atoms with Gasteiger partial charge in [0, 0.05) is 25.0 Å². The molecule has 0 spiro atoms. The van der Waals surface area contributed by atoms with Crippen LogP contribution in [0.25, 0.3) is 11.1 Å². The molecule has 0 radical (unpaired) electrons.